The lowest BCUT2D eigenvalue weighted by Gasteiger charge is -1.96. The third-order valence-electron chi connectivity index (χ3n) is 0.977. The van der Waals surface area contributed by atoms with Gasteiger partial charge in [0.05, 0.1) is 0 Å². The lowest BCUT2D eigenvalue weighted by molar-refractivity contribution is -0.708. The molecular formula is C5H9N2O2+. The van der Waals surface area contributed by atoms with Gasteiger partial charge in [-0.05, 0) is 0 Å². The molecule has 1 rings (SSSR count). The Labute approximate surface area is 52.4 Å². The minimum atomic E-state index is -1.27. The normalized spacial score (nSPS) is 10.6. The first kappa shape index (κ1) is 6.25. The summed E-state index contributed by atoms with van der Waals surface area (Å²) in [6.07, 6.45) is 3.81. The Bertz CT molecular complexity index is 159. The zero-order valence-electron chi connectivity index (χ0n) is 4.86. The van der Waals surface area contributed by atoms with Crippen molar-refractivity contribution in [1.29, 1.82) is 0 Å². The predicted molar refractivity (Wildman–Crippen MR) is 29.2 cm³/mol. The number of imidazole rings is 1. The second-order valence-corrected chi connectivity index (χ2v) is 1.79. The van der Waals surface area contributed by atoms with E-state index >= 15 is 0 Å². The van der Waals surface area contributed by atoms with Crippen molar-refractivity contribution in [2.45, 2.75) is 12.8 Å². The molecule has 4 nitrogen and oxygen atoms in total. The van der Waals surface area contributed by atoms with E-state index in [2.05, 4.69) is 4.98 Å². The van der Waals surface area contributed by atoms with Crippen LogP contribution in [0.5, 0.6) is 0 Å². The minimum absolute atomic E-state index is 0.212. The average Bonchev–Trinajstić information content (AvgIpc) is 2.15. The Hall–Kier alpha value is -0.870. The molecule has 0 aromatic carbocycles. The van der Waals surface area contributed by atoms with Crippen molar-refractivity contribution >= 4 is 0 Å². The van der Waals surface area contributed by atoms with Crippen LogP contribution >= 0.6 is 0 Å². The summed E-state index contributed by atoms with van der Waals surface area (Å²) in [7, 11) is 0. The van der Waals surface area contributed by atoms with Gasteiger partial charge in [0.2, 0.25) is 6.33 Å². The van der Waals surface area contributed by atoms with Crippen LogP contribution in [0.25, 0.3) is 0 Å². The maximum atomic E-state index is 8.44. The lowest BCUT2D eigenvalue weighted by Crippen LogP contribution is -2.37. The van der Waals surface area contributed by atoms with Crippen LogP contribution in [0.3, 0.4) is 0 Å². The fourth-order valence-corrected chi connectivity index (χ4v) is 0.623. The van der Waals surface area contributed by atoms with Gasteiger partial charge in [0, 0.05) is 0 Å². The lowest BCUT2D eigenvalue weighted by atomic mass is 10.6. The quantitative estimate of drug-likeness (QED) is 0.340. The van der Waals surface area contributed by atoms with E-state index in [9.17, 15) is 0 Å². The van der Waals surface area contributed by atoms with Gasteiger partial charge < -0.3 is 10.2 Å². The summed E-state index contributed by atoms with van der Waals surface area (Å²) < 4.78 is 1.64. The Morgan fingerprint density at radius 1 is 1.56 bits per heavy atom. The fourth-order valence-electron chi connectivity index (χ4n) is 0.623. The zero-order valence-corrected chi connectivity index (χ0v) is 4.86. The third-order valence-corrected chi connectivity index (χ3v) is 0.977. The van der Waals surface area contributed by atoms with Gasteiger partial charge in [-0.25, -0.2) is 4.57 Å². The van der Waals surface area contributed by atoms with Crippen molar-refractivity contribution in [3.63, 3.8) is 0 Å². The van der Waals surface area contributed by atoms with Crippen LogP contribution < -0.4 is 4.57 Å². The number of aromatic amines is 1. The summed E-state index contributed by atoms with van der Waals surface area (Å²) in [5.74, 6) is 0. The first-order valence-electron chi connectivity index (χ1n) is 2.67. The maximum absolute atomic E-state index is 8.44. The molecule has 9 heavy (non-hydrogen) atoms. The van der Waals surface area contributed by atoms with Crippen LogP contribution in [0, 0.1) is 0 Å². The smallest absolute Gasteiger partial charge is 0.241 e. The van der Waals surface area contributed by atoms with E-state index in [4.69, 9.17) is 10.2 Å². The number of hydrogen-bond donors (Lipinski definition) is 3. The highest BCUT2D eigenvalue weighted by Gasteiger charge is 2.01. The van der Waals surface area contributed by atoms with Crippen LogP contribution in [0.15, 0.2) is 18.7 Å². The van der Waals surface area contributed by atoms with Gasteiger partial charge in [0.25, 0.3) is 0 Å². The van der Waals surface area contributed by atoms with Crippen molar-refractivity contribution < 1.29 is 14.8 Å². The van der Waals surface area contributed by atoms with Crippen LogP contribution in [-0.2, 0) is 6.54 Å². The van der Waals surface area contributed by atoms with Gasteiger partial charge in [-0.3, -0.25) is 4.98 Å². The minimum Gasteiger partial charge on any atom is -0.365 e. The van der Waals surface area contributed by atoms with Crippen molar-refractivity contribution in [3.05, 3.63) is 18.7 Å². The average molecular weight is 129 g/mol. The van der Waals surface area contributed by atoms with Crippen molar-refractivity contribution in [2.75, 3.05) is 0 Å². The molecule has 0 spiro atoms. The van der Waals surface area contributed by atoms with Crippen molar-refractivity contribution in [1.82, 2.24) is 4.98 Å². The molecule has 0 aliphatic rings. The Kier molecular flexibility index (Phi) is 1.81. The summed E-state index contributed by atoms with van der Waals surface area (Å²) in [4.78, 5) is 2.78. The van der Waals surface area contributed by atoms with Crippen molar-refractivity contribution in [2.24, 2.45) is 0 Å². The molecule has 0 aliphatic heterocycles. The number of aromatic nitrogens is 2. The summed E-state index contributed by atoms with van der Waals surface area (Å²) in [5, 5.41) is 16.9. The number of nitrogens with zero attached hydrogens (tertiary/aromatic N) is 1. The monoisotopic (exact) mass is 129 g/mol. The highest BCUT2D eigenvalue weighted by molar-refractivity contribution is 4.55. The molecule has 0 saturated heterocycles. The molecule has 0 saturated carbocycles. The van der Waals surface area contributed by atoms with Gasteiger partial charge in [-0.1, -0.05) is 0 Å². The second kappa shape index (κ2) is 2.61. The molecule has 4 heteroatoms. The van der Waals surface area contributed by atoms with Crippen LogP contribution in [0.2, 0.25) is 0 Å². The standard InChI is InChI=1S/C5H8N2O2/c8-5(9)3-7-2-1-6-4-7/h1-2,4-5,8-9H,3H2/p+1. The molecular weight excluding hydrogens is 120 g/mol. The van der Waals surface area contributed by atoms with E-state index in [1.165, 1.54) is 0 Å². The number of hydrogen-bond acceptors (Lipinski definition) is 2. The van der Waals surface area contributed by atoms with Gasteiger partial charge in [0.1, 0.15) is 18.9 Å². The topological polar surface area (TPSA) is 60.1 Å². The largest absolute Gasteiger partial charge is 0.365 e. The Morgan fingerprint density at radius 2 is 2.33 bits per heavy atom. The van der Waals surface area contributed by atoms with Gasteiger partial charge >= 0.3 is 0 Å². The molecule has 1 aromatic rings. The molecule has 0 fully saturated rings. The number of aliphatic hydroxyl groups excluding tert-OH is 1. The van der Waals surface area contributed by atoms with E-state index in [0.29, 0.717) is 0 Å². The molecule has 3 N–H and O–H groups in total. The zero-order chi connectivity index (χ0) is 6.69. The highest BCUT2D eigenvalue weighted by Crippen LogP contribution is 1.74. The van der Waals surface area contributed by atoms with E-state index in [1.807, 2.05) is 0 Å². The molecule has 0 bridgehead atoms. The fraction of sp³-hybridized carbons (Fsp3) is 0.400. The van der Waals surface area contributed by atoms with E-state index in [0.717, 1.165) is 0 Å². The first-order chi connectivity index (χ1) is 4.29. The van der Waals surface area contributed by atoms with Gasteiger partial charge in [-0.2, -0.15) is 0 Å². The maximum Gasteiger partial charge on any atom is 0.241 e. The summed E-state index contributed by atoms with van der Waals surface area (Å²) in [5.41, 5.74) is 0. The molecule has 0 amide bonds. The SMILES string of the molecule is OC(O)C[n+]1cc[nH]c1. The van der Waals surface area contributed by atoms with Crippen molar-refractivity contribution in [3.8, 4) is 0 Å². The number of aliphatic hydroxyl groups is 2. The van der Waals surface area contributed by atoms with Crippen LogP contribution in [0.4, 0.5) is 0 Å². The van der Waals surface area contributed by atoms with Crippen LogP contribution in [-0.4, -0.2) is 21.5 Å². The summed E-state index contributed by atoms with van der Waals surface area (Å²) in [6, 6.07) is 0. The van der Waals surface area contributed by atoms with Crippen LogP contribution in [0.1, 0.15) is 0 Å². The molecule has 0 atom stereocenters. The van der Waals surface area contributed by atoms with Gasteiger partial charge in [-0.15, -0.1) is 0 Å². The molecule has 0 aliphatic carbocycles. The number of nitrogens with one attached hydrogen (secondary N) is 1. The van der Waals surface area contributed by atoms with E-state index < -0.39 is 6.29 Å². The van der Waals surface area contributed by atoms with E-state index in [-0.39, 0.29) is 6.54 Å². The molecule has 1 aromatic heterocycles. The molecule has 50 valence electrons. The molecule has 0 radical (unpaired) electrons. The molecule has 1 heterocycles. The predicted octanol–water partition coefficient (Wildman–Crippen LogP) is -1.39. The van der Waals surface area contributed by atoms with Gasteiger partial charge in [0.15, 0.2) is 6.29 Å². The number of H-pyrrole nitrogens is 1. The Morgan fingerprint density at radius 3 is 2.78 bits per heavy atom. The Balaban J connectivity index is 2.48. The molecule has 0 unspecified atom stereocenters. The van der Waals surface area contributed by atoms with E-state index in [1.54, 1.807) is 23.3 Å². The number of rotatable bonds is 2. The summed E-state index contributed by atoms with van der Waals surface area (Å²) >= 11 is 0. The third kappa shape index (κ3) is 1.83. The summed E-state index contributed by atoms with van der Waals surface area (Å²) in [6.45, 7) is 0.212. The second-order valence-electron chi connectivity index (χ2n) is 1.79. The first-order valence-corrected chi connectivity index (χ1v) is 2.67. The highest BCUT2D eigenvalue weighted by atomic mass is 16.5.